The third kappa shape index (κ3) is 5.52. The highest BCUT2D eigenvalue weighted by atomic mass is 32.2. The second-order valence-electron chi connectivity index (χ2n) is 7.69. The maximum absolute atomic E-state index is 12.5. The van der Waals surface area contributed by atoms with Crippen LogP contribution < -0.4 is 10.6 Å². The highest BCUT2D eigenvalue weighted by Crippen LogP contribution is 2.21. The molecular weight excluding hydrogens is 446 g/mol. The van der Waals surface area contributed by atoms with E-state index in [1.54, 1.807) is 12.1 Å². The second-order valence-corrected chi connectivity index (χ2v) is 8.64. The van der Waals surface area contributed by atoms with Crippen molar-refractivity contribution in [3.63, 3.8) is 0 Å². The normalized spacial score (nSPS) is 10.7. The van der Waals surface area contributed by atoms with Crippen LogP contribution in [0.3, 0.4) is 0 Å². The van der Waals surface area contributed by atoms with Crippen LogP contribution in [0.1, 0.15) is 21.7 Å². The van der Waals surface area contributed by atoms with Gasteiger partial charge in [-0.05, 0) is 41.5 Å². The molecule has 4 rings (SSSR count). The minimum Gasteiger partial charge on any atom is -0.345 e. The second kappa shape index (κ2) is 10.8. The van der Waals surface area contributed by atoms with Crippen molar-refractivity contribution in [1.82, 2.24) is 20.1 Å². The zero-order valence-electron chi connectivity index (χ0n) is 18.8. The number of thioether (sulfide) groups is 1. The number of rotatable bonds is 9. The molecule has 1 heterocycles. The van der Waals surface area contributed by atoms with Crippen LogP contribution in [-0.2, 0) is 17.9 Å². The largest absolute Gasteiger partial charge is 0.345 e. The van der Waals surface area contributed by atoms with E-state index in [4.69, 9.17) is 0 Å². The molecule has 0 spiro atoms. The number of amides is 2. The van der Waals surface area contributed by atoms with Gasteiger partial charge in [0.15, 0.2) is 11.0 Å². The average Bonchev–Trinajstić information content (AvgIpc) is 3.23. The quantitative estimate of drug-likeness (QED) is 0.275. The molecule has 4 aromatic rings. The van der Waals surface area contributed by atoms with Crippen LogP contribution in [0, 0.1) is 6.92 Å². The smallest absolute Gasteiger partial charge is 0.251 e. The van der Waals surface area contributed by atoms with Crippen molar-refractivity contribution in [2.24, 2.45) is 0 Å². The van der Waals surface area contributed by atoms with Crippen LogP contribution in [0.25, 0.3) is 10.8 Å². The lowest BCUT2D eigenvalue weighted by Gasteiger charge is -2.10. The molecule has 8 heteroatoms. The Morgan fingerprint density at radius 3 is 2.59 bits per heavy atom. The molecule has 0 aliphatic heterocycles. The summed E-state index contributed by atoms with van der Waals surface area (Å²) >= 11 is 1.29. The lowest BCUT2D eigenvalue weighted by Crippen LogP contribution is -2.25. The van der Waals surface area contributed by atoms with Gasteiger partial charge in [-0.25, -0.2) is 0 Å². The molecule has 0 aliphatic rings. The van der Waals surface area contributed by atoms with E-state index in [0.717, 1.165) is 22.0 Å². The fourth-order valence-corrected chi connectivity index (χ4v) is 4.31. The molecule has 0 aliphatic carbocycles. The number of hydrogen-bond donors (Lipinski definition) is 2. The molecule has 2 amide bonds. The van der Waals surface area contributed by atoms with Crippen LogP contribution in [0.15, 0.2) is 84.5 Å². The number of aryl methyl sites for hydroxylation is 1. The molecule has 0 radical (unpaired) electrons. The van der Waals surface area contributed by atoms with Gasteiger partial charge in [0.2, 0.25) is 5.91 Å². The number of carbonyl (C=O) groups is 2. The number of carbonyl (C=O) groups excluding carboxylic acids is 2. The molecule has 3 aromatic carbocycles. The molecule has 0 saturated carbocycles. The number of allylic oxidation sites excluding steroid dienone is 1. The maximum atomic E-state index is 12.5. The van der Waals surface area contributed by atoms with Gasteiger partial charge in [-0.15, -0.1) is 16.8 Å². The first-order valence-electron chi connectivity index (χ1n) is 10.8. The highest BCUT2D eigenvalue weighted by Gasteiger charge is 2.15. The van der Waals surface area contributed by atoms with Crippen LogP contribution in [-0.4, -0.2) is 32.3 Å². The van der Waals surface area contributed by atoms with Crippen molar-refractivity contribution < 1.29 is 9.59 Å². The third-order valence-corrected chi connectivity index (χ3v) is 6.23. The molecule has 1 aromatic heterocycles. The number of anilines is 1. The third-order valence-electron chi connectivity index (χ3n) is 5.27. The predicted octanol–water partition coefficient (Wildman–Crippen LogP) is 4.59. The van der Waals surface area contributed by atoms with Crippen molar-refractivity contribution in [3.05, 3.63) is 96.3 Å². The van der Waals surface area contributed by atoms with E-state index >= 15 is 0 Å². The van der Waals surface area contributed by atoms with Gasteiger partial charge in [0.1, 0.15) is 0 Å². The Kier molecular flexibility index (Phi) is 7.39. The number of benzene rings is 3. The predicted molar refractivity (Wildman–Crippen MR) is 136 cm³/mol. The van der Waals surface area contributed by atoms with Gasteiger partial charge < -0.3 is 15.2 Å². The van der Waals surface area contributed by atoms with Crippen molar-refractivity contribution in [2.45, 2.75) is 25.2 Å². The minimum absolute atomic E-state index is 0.136. The molecule has 0 bridgehead atoms. The number of nitrogens with one attached hydrogen (secondary N) is 2. The van der Waals surface area contributed by atoms with Crippen molar-refractivity contribution in [2.75, 3.05) is 11.1 Å². The first-order chi connectivity index (χ1) is 16.5. The van der Waals surface area contributed by atoms with Crippen LogP contribution in [0.2, 0.25) is 0 Å². The summed E-state index contributed by atoms with van der Waals surface area (Å²) in [5.41, 5.74) is 2.27. The molecule has 2 N–H and O–H groups in total. The summed E-state index contributed by atoms with van der Waals surface area (Å²) < 4.78 is 1.85. The number of fused-ring (bicyclic) bond motifs is 1. The molecular formula is C26H25N5O2S. The summed E-state index contributed by atoms with van der Waals surface area (Å²) in [6.45, 7) is 6.38. The summed E-state index contributed by atoms with van der Waals surface area (Å²) in [5, 5.41) is 17.0. The first-order valence-corrected chi connectivity index (χ1v) is 11.8. The van der Waals surface area contributed by atoms with Gasteiger partial charge in [0.05, 0.1) is 12.3 Å². The topological polar surface area (TPSA) is 88.9 Å². The van der Waals surface area contributed by atoms with Gasteiger partial charge >= 0.3 is 0 Å². The summed E-state index contributed by atoms with van der Waals surface area (Å²) in [6, 6.07) is 21.2. The molecule has 0 saturated heterocycles. The maximum Gasteiger partial charge on any atom is 0.251 e. The van der Waals surface area contributed by atoms with Crippen LogP contribution in [0.5, 0.6) is 0 Å². The van der Waals surface area contributed by atoms with E-state index < -0.39 is 0 Å². The lowest BCUT2D eigenvalue weighted by molar-refractivity contribution is -0.113. The molecule has 172 valence electrons. The van der Waals surface area contributed by atoms with Crippen molar-refractivity contribution in [3.8, 4) is 0 Å². The van der Waals surface area contributed by atoms with Gasteiger partial charge in [-0.3, -0.25) is 9.59 Å². The summed E-state index contributed by atoms with van der Waals surface area (Å²) in [5.74, 6) is 0.467. The summed E-state index contributed by atoms with van der Waals surface area (Å²) in [4.78, 5) is 25.1. The van der Waals surface area contributed by atoms with E-state index in [0.29, 0.717) is 23.1 Å². The minimum atomic E-state index is -0.171. The Labute approximate surface area is 202 Å². The van der Waals surface area contributed by atoms with Crippen LogP contribution >= 0.6 is 11.8 Å². The van der Waals surface area contributed by atoms with E-state index in [1.165, 1.54) is 11.8 Å². The van der Waals surface area contributed by atoms with E-state index in [-0.39, 0.29) is 24.1 Å². The molecule has 0 atom stereocenters. The van der Waals surface area contributed by atoms with Gasteiger partial charge in [0.25, 0.3) is 5.91 Å². The fourth-order valence-electron chi connectivity index (χ4n) is 3.55. The summed E-state index contributed by atoms with van der Waals surface area (Å²) in [6.07, 6.45) is 1.73. The first kappa shape index (κ1) is 23.3. The Hall–Kier alpha value is -3.91. The number of nitrogens with zero attached hydrogens (tertiary/aromatic N) is 3. The van der Waals surface area contributed by atoms with Gasteiger partial charge in [0, 0.05) is 17.8 Å². The summed E-state index contributed by atoms with van der Waals surface area (Å²) in [7, 11) is 0. The van der Waals surface area contributed by atoms with E-state index in [9.17, 15) is 9.59 Å². The monoisotopic (exact) mass is 471 g/mol. The Balaban J connectivity index is 1.37. The molecule has 0 unspecified atom stereocenters. The number of hydrogen-bond acceptors (Lipinski definition) is 5. The van der Waals surface area contributed by atoms with E-state index in [1.807, 2.05) is 72.2 Å². The Morgan fingerprint density at radius 1 is 1.03 bits per heavy atom. The standard InChI is InChI=1S/C26H25N5O2S/c1-3-14-31-23(16-27-25(33)22-11-7-4-8-18(22)2)29-30-26(31)34-17-24(32)28-21-13-12-19-9-5-6-10-20(19)15-21/h3-13,15H,1,14,16-17H2,2H3,(H,27,33)(H,28,32). The molecule has 7 nitrogen and oxygen atoms in total. The zero-order chi connectivity index (χ0) is 23.9. The van der Waals surface area contributed by atoms with Crippen LogP contribution in [0.4, 0.5) is 5.69 Å². The fraction of sp³-hybridized carbons (Fsp3) is 0.154. The lowest BCUT2D eigenvalue weighted by atomic mass is 10.1. The SMILES string of the molecule is C=CCn1c(CNC(=O)c2ccccc2C)nnc1SCC(=O)Nc1ccc2ccccc2c1. The van der Waals surface area contributed by atoms with Gasteiger partial charge in [-0.2, -0.15) is 0 Å². The molecule has 34 heavy (non-hydrogen) atoms. The average molecular weight is 472 g/mol. The Morgan fingerprint density at radius 2 is 1.79 bits per heavy atom. The Bertz CT molecular complexity index is 1350. The van der Waals surface area contributed by atoms with E-state index in [2.05, 4.69) is 27.4 Å². The molecule has 0 fully saturated rings. The number of aromatic nitrogens is 3. The van der Waals surface area contributed by atoms with Crippen molar-refractivity contribution >= 4 is 40.0 Å². The van der Waals surface area contributed by atoms with Gasteiger partial charge in [-0.1, -0.05) is 66.4 Å². The highest BCUT2D eigenvalue weighted by molar-refractivity contribution is 7.99. The van der Waals surface area contributed by atoms with Crippen molar-refractivity contribution in [1.29, 1.82) is 0 Å². The zero-order valence-corrected chi connectivity index (χ0v) is 19.6.